The summed E-state index contributed by atoms with van der Waals surface area (Å²) in [5.74, 6) is 3.66. The van der Waals surface area contributed by atoms with Crippen LogP contribution in [0.2, 0.25) is 0 Å². The van der Waals surface area contributed by atoms with Crippen molar-refractivity contribution in [2.75, 3.05) is 31.1 Å². The molecule has 2 aromatic rings. The standard InChI is InChI=1S/C17H25N7.2ClH/c1-12-20-15-4-8-18-7-3-14(15)17(21-12)24-9-5-13(6-10-24)16-22-19-11-23(16)2;;/h11,13,18H,3-10H2,1-2H3;2*1H. The van der Waals surface area contributed by atoms with Crippen LogP contribution >= 0.6 is 24.8 Å². The Morgan fingerprint density at radius 1 is 1.08 bits per heavy atom. The van der Waals surface area contributed by atoms with E-state index in [-0.39, 0.29) is 24.8 Å². The third kappa shape index (κ3) is 4.10. The Kier molecular flexibility index (Phi) is 7.20. The van der Waals surface area contributed by atoms with Gasteiger partial charge in [-0.05, 0) is 32.7 Å². The lowest BCUT2D eigenvalue weighted by Crippen LogP contribution is -2.35. The van der Waals surface area contributed by atoms with Crippen LogP contribution < -0.4 is 10.2 Å². The summed E-state index contributed by atoms with van der Waals surface area (Å²) in [5.41, 5.74) is 2.58. The summed E-state index contributed by atoms with van der Waals surface area (Å²) < 4.78 is 2.05. The van der Waals surface area contributed by atoms with Crippen LogP contribution in [0.3, 0.4) is 0 Å². The van der Waals surface area contributed by atoms with E-state index in [9.17, 15) is 0 Å². The quantitative estimate of drug-likeness (QED) is 0.830. The van der Waals surface area contributed by atoms with Gasteiger partial charge in [0.25, 0.3) is 0 Å². The molecular weight excluding hydrogens is 373 g/mol. The van der Waals surface area contributed by atoms with E-state index in [0.29, 0.717) is 5.92 Å². The number of rotatable bonds is 2. The number of fused-ring (bicyclic) bond motifs is 1. The highest BCUT2D eigenvalue weighted by molar-refractivity contribution is 5.85. The van der Waals surface area contributed by atoms with Crippen molar-refractivity contribution in [1.29, 1.82) is 0 Å². The van der Waals surface area contributed by atoms with E-state index in [1.165, 1.54) is 11.3 Å². The third-order valence-corrected chi connectivity index (χ3v) is 5.18. The molecule has 4 heterocycles. The molecular formula is C17H27Cl2N7. The highest BCUT2D eigenvalue weighted by Gasteiger charge is 2.27. The summed E-state index contributed by atoms with van der Waals surface area (Å²) >= 11 is 0. The van der Waals surface area contributed by atoms with Crippen LogP contribution in [0.4, 0.5) is 5.82 Å². The van der Waals surface area contributed by atoms with Crippen LogP contribution in [0.5, 0.6) is 0 Å². The number of aryl methyl sites for hydroxylation is 2. The molecule has 0 atom stereocenters. The van der Waals surface area contributed by atoms with Crippen molar-refractivity contribution in [2.45, 2.75) is 38.5 Å². The molecule has 0 unspecified atom stereocenters. The van der Waals surface area contributed by atoms with E-state index in [4.69, 9.17) is 9.97 Å². The second kappa shape index (κ2) is 8.97. The molecule has 0 amide bonds. The van der Waals surface area contributed by atoms with Crippen molar-refractivity contribution in [2.24, 2.45) is 7.05 Å². The maximum Gasteiger partial charge on any atom is 0.135 e. The smallest absolute Gasteiger partial charge is 0.135 e. The normalized spacial score (nSPS) is 17.7. The van der Waals surface area contributed by atoms with Gasteiger partial charge in [-0.1, -0.05) is 0 Å². The maximum absolute atomic E-state index is 4.81. The monoisotopic (exact) mass is 399 g/mol. The van der Waals surface area contributed by atoms with Gasteiger partial charge in [-0.25, -0.2) is 9.97 Å². The molecule has 1 saturated heterocycles. The topological polar surface area (TPSA) is 71.8 Å². The van der Waals surface area contributed by atoms with E-state index < -0.39 is 0 Å². The first kappa shape index (κ1) is 20.9. The second-order valence-corrected chi connectivity index (χ2v) is 6.83. The van der Waals surface area contributed by atoms with E-state index in [2.05, 4.69) is 20.4 Å². The third-order valence-electron chi connectivity index (χ3n) is 5.18. The van der Waals surface area contributed by atoms with Gasteiger partial charge in [0.05, 0.1) is 5.69 Å². The molecule has 26 heavy (non-hydrogen) atoms. The average Bonchev–Trinajstić information content (AvgIpc) is 2.88. The summed E-state index contributed by atoms with van der Waals surface area (Å²) in [6.07, 6.45) is 6.02. The zero-order valence-corrected chi connectivity index (χ0v) is 16.9. The molecule has 2 aromatic heterocycles. The first-order valence-electron chi connectivity index (χ1n) is 8.88. The summed E-state index contributed by atoms with van der Waals surface area (Å²) in [7, 11) is 2.03. The molecule has 2 aliphatic heterocycles. The Hall–Kier alpha value is -1.44. The molecule has 2 aliphatic rings. The zero-order chi connectivity index (χ0) is 16.5. The van der Waals surface area contributed by atoms with Crippen molar-refractivity contribution >= 4 is 30.6 Å². The van der Waals surface area contributed by atoms with Crippen molar-refractivity contribution in [3.63, 3.8) is 0 Å². The van der Waals surface area contributed by atoms with Gasteiger partial charge in [0.1, 0.15) is 23.8 Å². The van der Waals surface area contributed by atoms with E-state index >= 15 is 0 Å². The van der Waals surface area contributed by atoms with Gasteiger partial charge < -0.3 is 14.8 Å². The van der Waals surface area contributed by atoms with Crippen LogP contribution in [-0.4, -0.2) is 50.9 Å². The summed E-state index contributed by atoms with van der Waals surface area (Å²) in [5, 5.41) is 11.8. The number of nitrogens with one attached hydrogen (secondary N) is 1. The molecule has 7 nitrogen and oxygen atoms in total. The van der Waals surface area contributed by atoms with E-state index in [0.717, 1.165) is 69.3 Å². The van der Waals surface area contributed by atoms with Gasteiger partial charge in [0.2, 0.25) is 0 Å². The number of hydrogen-bond acceptors (Lipinski definition) is 6. The van der Waals surface area contributed by atoms with Crippen LogP contribution in [0, 0.1) is 6.92 Å². The zero-order valence-electron chi connectivity index (χ0n) is 15.3. The molecule has 0 aromatic carbocycles. The summed E-state index contributed by atoms with van der Waals surface area (Å²) in [6.45, 7) is 6.08. The SMILES string of the molecule is Cc1nc2c(c(N3CCC(c4nncn4C)CC3)n1)CCNCC2.Cl.Cl. The molecule has 144 valence electrons. The molecule has 9 heteroatoms. The molecule has 1 fully saturated rings. The number of nitrogens with zero attached hydrogens (tertiary/aromatic N) is 6. The molecule has 0 spiro atoms. The molecule has 4 rings (SSSR count). The predicted molar refractivity (Wildman–Crippen MR) is 107 cm³/mol. The Bertz CT molecular complexity index is 726. The van der Waals surface area contributed by atoms with Gasteiger partial charge in [-0.2, -0.15) is 0 Å². The first-order chi connectivity index (χ1) is 11.7. The highest BCUT2D eigenvalue weighted by atomic mass is 35.5. The van der Waals surface area contributed by atoms with Crippen LogP contribution in [0.25, 0.3) is 0 Å². The van der Waals surface area contributed by atoms with Gasteiger partial charge in [-0.15, -0.1) is 35.0 Å². The van der Waals surface area contributed by atoms with Crippen LogP contribution in [0.1, 0.15) is 41.7 Å². The number of anilines is 1. The largest absolute Gasteiger partial charge is 0.356 e. The number of halogens is 2. The fourth-order valence-corrected chi connectivity index (χ4v) is 3.92. The fraction of sp³-hybridized carbons (Fsp3) is 0.647. The number of piperidine rings is 1. The minimum absolute atomic E-state index is 0. The molecule has 0 radical (unpaired) electrons. The Balaban J connectivity index is 0.00000121. The molecule has 0 saturated carbocycles. The minimum Gasteiger partial charge on any atom is -0.356 e. The van der Waals surface area contributed by atoms with Crippen molar-refractivity contribution in [1.82, 2.24) is 30.0 Å². The molecule has 0 bridgehead atoms. The van der Waals surface area contributed by atoms with Crippen molar-refractivity contribution in [3.05, 3.63) is 29.2 Å². The Labute approximate surface area is 166 Å². The second-order valence-electron chi connectivity index (χ2n) is 6.83. The van der Waals surface area contributed by atoms with Crippen LogP contribution in [0.15, 0.2) is 6.33 Å². The molecule has 1 N–H and O–H groups in total. The van der Waals surface area contributed by atoms with Crippen molar-refractivity contribution in [3.8, 4) is 0 Å². The lowest BCUT2D eigenvalue weighted by molar-refractivity contribution is 0.470. The van der Waals surface area contributed by atoms with E-state index in [1.807, 2.05) is 18.5 Å². The lowest BCUT2D eigenvalue weighted by Gasteiger charge is -2.33. The summed E-state index contributed by atoms with van der Waals surface area (Å²) in [6, 6.07) is 0. The summed E-state index contributed by atoms with van der Waals surface area (Å²) in [4.78, 5) is 12.0. The van der Waals surface area contributed by atoms with Gasteiger partial charge in [0.15, 0.2) is 0 Å². The maximum atomic E-state index is 4.81. The lowest BCUT2D eigenvalue weighted by atomic mass is 9.95. The minimum atomic E-state index is 0. The highest BCUT2D eigenvalue weighted by Crippen LogP contribution is 2.31. The Morgan fingerprint density at radius 2 is 1.81 bits per heavy atom. The first-order valence-corrected chi connectivity index (χ1v) is 8.88. The average molecular weight is 400 g/mol. The fourth-order valence-electron chi connectivity index (χ4n) is 3.92. The Morgan fingerprint density at radius 3 is 2.50 bits per heavy atom. The number of aromatic nitrogens is 5. The predicted octanol–water partition coefficient (Wildman–Crippen LogP) is 1.83. The number of hydrogen-bond donors (Lipinski definition) is 1. The van der Waals surface area contributed by atoms with Gasteiger partial charge in [0, 0.05) is 44.6 Å². The van der Waals surface area contributed by atoms with Crippen LogP contribution in [-0.2, 0) is 19.9 Å². The van der Waals surface area contributed by atoms with Gasteiger partial charge >= 0.3 is 0 Å². The van der Waals surface area contributed by atoms with Crippen molar-refractivity contribution < 1.29 is 0 Å². The molecule has 0 aliphatic carbocycles. The van der Waals surface area contributed by atoms with E-state index in [1.54, 1.807) is 6.33 Å². The van der Waals surface area contributed by atoms with Gasteiger partial charge in [-0.3, -0.25) is 0 Å².